The molecule has 2 aromatic carbocycles. The molecule has 6 rings (SSSR count). The van der Waals surface area contributed by atoms with Gasteiger partial charge in [-0.3, -0.25) is 14.9 Å². The molecule has 4 N–H and O–H groups in total. The molecule has 0 saturated heterocycles. The van der Waals surface area contributed by atoms with Crippen molar-refractivity contribution in [3.05, 3.63) is 79.0 Å². The lowest BCUT2D eigenvalue weighted by Crippen LogP contribution is -2.20. The molecule has 0 radical (unpaired) electrons. The van der Waals surface area contributed by atoms with Gasteiger partial charge in [0, 0.05) is 53.9 Å². The van der Waals surface area contributed by atoms with Gasteiger partial charge in [-0.25, -0.2) is 9.37 Å². The molecule has 0 fully saturated rings. The van der Waals surface area contributed by atoms with Crippen LogP contribution in [0.1, 0.15) is 26.2 Å². The second-order valence-corrected chi connectivity index (χ2v) is 11.2. The number of carbonyl (C=O) groups is 1. The molecular formula is C34H35FN8O. The lowest BCUT2D eigenvalue weighted by atomic mass is 10.0. The van der Waals surface area contributed by atoms with Crippen LogP contribution in [0.15, 0.2) is 73.2 Å². The van der Waals surface area contributed by atoms with Crippen molar-refractivity contribution in [2.24, 2.45) is 0 Å². The minimum Gasteiger partial charge on any atom is -0.384 e. The number of anilines is 2. The minimum absolute atomic E-state index is 0.0137. The Balaban J connectivity index is 1.33. The number of aromatic amines is 2. The number of hydrogen-bond acceptors (Lipinski definition) is 6. The quantitative estimate of drug-likeness (QED) is 0.128. The van der Waals surface area contributed by atoms with Crippen LogP contribution >= 0.6 is 0 Å². The van der Waals surface area contributed by atoms with Crippen molar-refractivity contribution in [2.45, 2.75) is 26.2 Å². The number of H-pyrrole nitrogens is 2. The largest absolute Gasteiger partial charge is 0.384 e. The SMILES string of the molecule is CCCCC(=O)Nc1cncc(-c2ccc3[nH]nc(-c4cc5c(-c6cc(F)cc(NCCN(C)C)c6)ccnc5[nH]4)c3c2)c1. The molecule has 0 aliphatic carbocycles. The van der Waals surface area contributed by atoms with Crippen molar-refractivity contribution in [3.63, 3.8) is 0 Å². The Bertz CT molecular complexity index is 1940. The first kappa shape index (κ1) is 29.0. The summed E-state index contributed by atoms with van der Waals surface area (Å²) >= 11 is 0. The Morgan fingerprint density at radius 2 is 1.82 bits per heavy atom. The van der Waals surface area contributed by atoms with Crippen molar-refractivity contribution in [2.75, 3.05) is 37.8 Å². The fourth-order valence-corrected chi connectivity index (χ4v) is 5.30. The maximum Gasteiger partial charge on any atom is 0.224 e. The molecule has 4 heterocycles. The zero-order valence-electron chi connectivity index (χ0n) is 25.0. The smallest absolute Gasteiger partial charge is 0.224 e. The van der Waals surface area contributed by atoms with Gasteiger partial charge in [0.1, 0.15) is 17.2 Å². The first-order valence-corrected chi connectivity index (χ1v) is 14.8. The monoisotopic (exact) mass is 590 g/mol. The molecule has 1 amide bonds. The van der Waals surface area contributed by atoms with E-state index >= 15 is 0 Å². The highest BCUT2D eigenvalue weighted by molar-refractivity contribution is 6.01. The normalized spacial score (nSPS) is 11.5. The summed E-state index contributed by atoms with van der Waals surface area (Å²) in [5, 5.41) is 15.8. The molecule has 0 aliphatic rings. The molecule has 4 aromatic heterocycles. The molecule has 10 heteroatoms. The van der Waals surface area contributed by atoms with Crippen molar-refractivity contribution in [1.29, 1.82) is 0 Å². The molecule has 0 saturated carbocycles. The Morgan fingerprint density at radius 1 is 0.955 bits per heavy atom. The van der Waals surface area contributed by atoms with E-state index in [9.17, 15) is 9.18 Å². The van der Waals surface area contributed by atoms with Gasteiger partial charge < -0.3 is 20.5 Å². The lowest BCUT2D eigenvalue weighted by molar-refractivity contribution is -0.116. The number of benzene rings is 2. The summed E-state index contributed by atoms with van der Waals surface area (Å²) in [6.45, 7) is 3.61. The van der Waals surface area contributed by atoms with Crippen molar-refractivity contribution >= 4 is 39.2 Å². The van der Waals surface area contributed by atoms with Gasteiger partial charge >= 0.3 is 0 Å². The Labute approximate surface area is 254 Å². The number of fused-ring (bicyclic) bond motifs is 2. The molecule has 0 bridgehead atoms. The van der Waals surface area contributed by atoms with E-state index < -0.39 is 0 Å². The zero-order chi connectivity index (χ0) is 30.6. The van der Waals surface area contributed by atoms with Gasteiger partial charge in [0.25, 0.3) is 0 Å². The van der Waals surface area contributed by atoms with Crippen LogP contribution in [-0.4, -0.2) is 63.1 Å². The van der Waals surface area contributed by atoms with Crippen LogP contribution in [0.5, 0.6) is 0 Å². The zero-order valence-corrected chi connectivity index (χ0v) is 25.0. The fraction of sp³-hybridized carbons (Fsp3) is 0.235. The van der Waals surface area contributed by atoms with Gasteiger partial charge in [0.05, 0.1) is 23.1 Å². The molecule has 6 aromatic rings. The van der Waals surface area contributed by atoms with Gasteiger partial charge in [-0.1, -0.05) is 19.4 Å². The highest BCUT2D eigenvalue weighted by Crippen LogP contribution is 2.35. The predicted octanol–water partition coefficient (Wildman–Crippen LogP) is 7.08. The maximum atomic E-state index is 14.7. The Hall–Kier alpha value is -5.09. The number of pyridine rings is 2. The summed E-state index contributed by atoms with van der Waals surface area (Å²) < 4.78 is 14.7. The fourth-order valence-electron chi connectivity index (χ4n) is 5.30. The first-order valence-electron chi connectivity index (χ1n) is 14.8. The van der Waals surface area contributed by atoms with Crippen LogP contribution in [0.3, 0.4) is 0 Å². The van der Waals surface area contributed by atoms with E-state index in [1.807, 2.05) is 50.5 Å². The third kappa shape index (κ3) is 6.30. The van der Waals surface area contributed by atoms with Gasteiger partial charge in [0.2, 0.25) is 5.91 Å². The van der Waals surface area contributed by atoms with Crippen LogP contribution in [-0.2, 0) is 4.79 Å². The predicted molar refractivity (Wildman–Crippen MR) is 175 cm³/mol. The van der Waals surface area contributed by atoms with E-state index in [2.05, 4.69) is 53.7 Å². The van der Waals surface area contributed by atoms with Crippen LogP contribution in [0.4, 0.5) is 15.8 Å². The van der Waals surface area contributed by atoms with E-state index in [1.54, 1.807) is 24.7 Å². The van der Waals surface area contributed by atoms with Crippen molar-refractivity contribution in [3.8, 4) is 33.6 Å². The molecule has 224 valence electrons. The van der Waals surface area contributed by atoms with E-state index in [-0.39, 0.29) is 11.7 Å². The Morgan fingerprint density at radius 3 is 2.66 bits per heavy atom. The maximum absolute atomic E-state index is 14.7. The van der Waals surface area contributed by atoms with Gasteiger partial charge in [0.15, 0.2) is 0 Å². The van der Waals surface area contributed by atoms with Crippen LogP contribution in [0, 0.1) is 5.82 Å². The summed E-state index contributed by atoms with van der Waals surface area (Å²) in [6, 6.07) is 16.9. The van der Waals surface area contributed by atoms with E-state index in [1.165, 1.54) is 6.07 Å². The lowest BCUT2D eigenvalue weighted by Gasteiger charge is -2.13. The van der Waals surface area contributed by atoms with Gasteiger partial charge in [-0.2, -0.15) is 5.10 Å². The number of carbonyl (C=O) groups excluding carboxylic acids is 1. The second kappa shape index (κ2) is 12.6. The highest BCUT2D eigenvalue weighted by Gasteiger charge is 2.16. The average Bonchev–Trinajstić information content (AvgIpc) is 3.63. The summed E-state index contributed by atoms with van der Waals surface area (Å²) in [5.41, 5.74) is 7.96. The Kier molecular flexibility index (Phi) is 8.33. The average molecular weight is 591 g/mol. The van der Waals surface area contributed by atoms with E-state index in [0.717, 1.165) is 75.0 Å². The standard InChI is InChI=1S/C34H35FN8O/c1-4-5-6-32(44)39-26-15-23(19-36-20-26)21-7-8-30-29(16-21)33(42-41-30)31-18-28-27(9-10-38-34(28)40-31)22-13-24(35)17-25(14-22)37-11-12-43(2)3/h7-10,13-20,37H,4-6,11-12H2,1-3H3,(H,38,40)(H,39,44)(H,41,42). The number of unbranched alkanes of at least 4 members (excludes halogenated alkanes) is 1. The summed E-state index contributed by atoms with van der Waals surface area (Å²) in [5.74, 6) is -0.319. The number of halogens is 1. The molecule has 9 nitrogen and oxygen atoms in total. The number of hydrogen-bond donors (Lipinski definition) is 4. The van der Waals surface area contributed by atoms with Gasteiger partial charge in [-0.05, 0) is 85.7 Å². The molecule has 0 aliphatic heterocycles. The number of aromatic nitrogens is 5. The van der Waals surface area contributed by atoms with E-state index in [0.29, 0.717) is 24.3 Å². The highest BCUT2D eigenvalue weighted by atomic mass is 19.1. The van der Waals surface area contributed by atoms with Crippen LogP contribution in [0.2, 0.25) is 0 Å². The number of nitrogens with zero attached hydrogens (tertiary/aromatic N) is 4. The number of amides is 1. The molecule has 0 spiro atoms. The molecule has 44 heavy (non-hydrogen) atoms. The topological polar surface area (TPSA) is 115 Å². The van der Waals surface area contributed by atoms with Gasteiger partial charge in [-0.15, -0.1) is 0 Å². The molecule has 0 unspecified atom stereocenters. The first-order chi connectivity index (χ1) is 21.4. The summed E-state index contributed by atoms with van der Waals surface area (Å²) in [4.78, 5) is 26.7. The molecule has 0 atom stereocenters. The summed E-state index contributed by atoms with van der Waals surface area (Å²) in [7, 11) is 4.01. The molecular weight excluding hydrogens is 555 g/mol. The third-order valence-electron chi connectivity index (χ3n) is 7.56. The third-order valence-corrected chi connectivity index (χ3v) is 7.56. The minimum atomic E-state index is -0.305. The second-order valence-electron chi connectivity index (χ2n) is 11.2. The summed E-state index contributed by atoms with van der Waals surface area (Å²) in [6.07, 6.45) is 7.47. The van der Waals surface area contributed by atoms with E-state index in [4.69, 9.17) is 0 Å². The number of likely N-dealkylation sites (N-methyl/N-ethyl adjacent to an activating group) is 1. The number of rotatable bonds is 11. The van der Waals surface area contributed by atoms with Crippen LogP contribution in [0.25, 0.3) is 55.6 Å². The van der Waals surface area contributed by atoms with Crippen molar-refractivity contribution < 1.29 is 9.18 Å². The van der Waals surface area contributed by atoms with Crippen molar-refractivity contribution in [1.82, 2.24) is 30.0 Å². The van der Waals surface area contributed by atoms with Crippen LogP contribution < -0.4 is 10.6 Å². The number of nitrogens with one attached hydrogen (secondary N) is 4.